The normalized spacial score (nSPS) is 16.3. The van der Waals surface area contributed by atoms with Gasteiger partial charge in [-0.2, -0.15) is 0 Å². The summed E-state index contributed by atoms with van der Waals surface area (Å²) in [6.45, 7) is 5.52. The van der Waals surface area contributed by atoms with Crippen LogP contribution in [-0.2, 0) is 16.1 Å². The first-order valence-corrected chi connectivity index (χ1v) is 6.11. The topological polar surface area (TPSA) is 58.8 Å². The zero-order valence-corrected chi connectivity index (χ0v) is 10.9. The Morgan fingerprint density at radius 3 is 2.83 bits per heavy atom. The van der Waals surface area contributed by atoms with E-state index in [0.29, 0.717) is 39.4 Å². The molecule has 2 heterocycles. The molecule has 0 atom stereocenters. The number of carbonyl (C=O) groups excluding carboxylic acids is 1. The molecule has 1 aliphatic heterocycles. The molecule has 0 spiro atoms. The molecule has 1 aromatic rings. The van der Waals surface area contributed by atoms with Crippen LogP contribution in [0.4, 0.5) is 0 Å². The number of hydrogen-bond donors (Lipinski definition) is 0. The Morgan fingerprint density at radius 1 is 1.50 bits per heavy atom. The van der Waals surface area contributed by atoms with E-state index >= 15 is 0 Å². The van der Waals surface area contributed by atoms with Gasteiger partial charge >= 0.3 is 0 Å². The number of hydrogen-bond acceptors (Lipinski definition) is 5. The number of morpholine rings is 1. The van der Waals surface area contributed by atoms with Gasteiger partial charge in [-0.1, -0.05) is 5.16 Å². The van der Waals surface area contributed by atoms with Crippen molar-refractivity contribution in [3.63, 3.8) is 0 Å². The summed E-state index contributed by atoms with van der Waals surface area (Å²) in [6, 6.07) is 1.88. The van der Waals surface area contributed by atoms with Crippen LogP contribution in [0.1, 0.15) is 11.5 Å². The molecule has 2 rings (SSSR count). The molecule has 0 aliphatic carbocycles. The molecule has 18 heavy (non-hydrogen) atoms. The molecule has 0 radical (unpaired) electrons. The Morgan fingerprint density at radius 2 is 2.22 bits per heavy atom. The van der Waals surface area contributed by atoms with Gasteiger partial charge in [0.15, 0.2) is 0 Å². The highest BCUT2D eigenvalue weighted by molar-refractivity contribution is 5.78. The zero-order chi connectivity index (χ0) is 13.0. The van der Waals surface area contributed by atoms with Gasteiger partial charge in [0.25, 0.3) is 0 Å². The van der Waals surface area contributed by atoms with Gasteiger partial charge in [-0.15, -0.1) is 0 Å². The molecule has 1 amide bonds. The fourth-order valence-corrected chi connectivity index (χ4v) is 1.97. The number of carbonyl (C=O) groups is 1. The molecule has 6 heteroatoms. The molecule has 0 aromatic carbocycles. The average Bonchev–Trinajstić information content (AvgIpc) is 2.75. The van der Waals surface area contributed by atoms with Crippen molar-refractivity contribution in [3.05, 3.63) is 17.5 Å². The predicted octanol–water partition coefficient (Wildman–Crippen LogP) is 0.274. The third kappa shape index (κ3) is 3.54. The molecule has 0 saturated carbocycles. The maximum absolute atomic E-state index is 12.0. The summed E-state index contributed by atoms with van der Waals surface area (Å²) >= 11 is 0. The molecule has 1 aromatic heterocycles. The van der Waals surface area contributed by atoms with Crippen LogP contribution >= 0.6 is 0 Å². The largest absolute Gasteiger partial charge is 0.378 e. The summed E-state index contributed by atoms with van der Waals surface area (Å²) < 4.78 is 10.2. The second kappa shape index (κ2) is 5.97. The van der Waals surface area contributed by atoms with E-state index in [0.717, 1.165) is 11.5 Å². The van der Waals surface area contributed by atoms with Gasteiger partial charge < -0.3 is 14.2 Å². The number of nitrogens with zero attached hydrogens (tertiary/aromatic N) is 3. The number of rotatable bonds is 4. The van der Waals surface area contributed by atoms with Gasteiger partial charge in [0, 0.05) is 25.7 Å². The van der Waals surface area contributed by atoms with E-state index in [4.69, 9.17) is 9.26 Å². The summed E-state index contributed by atoms with van der Waals surface area (Å²) in [5.41, 5.74) is 0.852. The maximum atomic E-state index is 12.0. The second-order valence-corrected chi connectivity index (χ2v) is 4.59. The van der Waals surface area contributed by atoms with Gasteiger partial charge in [-0.25, -0.2) is 0 Å². The van der Waals surface area contributed by atoms with Crippen molar-refractivity contribution in [1.82, 2.24) is 15.0 Å². The molecular weight excluding hydrogens is 234 g/mol. The Labute approximate surface area is 106 Å². The highest BCUT2D eigenvalue weighted by Crippen LogP contribution is 2.05. The SMILES string of the molecule is Cc1cc(CN(C)CC(=O)N2CCOCC2)no1. The Balaban J connectivity index is 1.79. The van der Waals surface area contributed by atoms with Gasteiger partial charge in [0.05, 0.1) is 25.5 Å². The molecule has 0 bridgehead atoms. The lowest BCUT2D eigenvalue weighted by Crippen LogP contribution is -2.44. The Bertz CT molecular complexity index is 399. The third-order valence-corrected chi connectivity index (χ3v) is 2.88. The molecule has 0 unspecified atom stereocenters. The van der Waals surface area contributed by atoms with E-state index in [9.17, 15) is 4.79 Å². The summed E-state index contributed by atoms with van der Waals surface area (Å²) in [5.74, 6) is 0.930. The fourth-order valence-electron chi connectivity index (χ4n) is 1.97. The minimum absolute atomic E-state index is 0.140. The molecule has 1 fully saturated rings. The quantitative estimate of drug-likeness (QED) is 0.771. The van der Waals surface area contributed by atoms with Crippen molar-refractivity contribution in [2.75, 3.05) is 39.9 Å². The minimum Gasteiger partial charge on any atom is -0.378 e. The minimum atomic E-state index is 0.140. The van der Waals surface area contributed by atoms with E-state index in [-0.39, 0.29) is 5.91 Å². The van der Waals surface area contributed by atoms with E-state index in [1.807, 2.05) is 29.8 Å². The number of amides is 1. The van der Waals surface area contributed by atoms with Gasteiger partial charge in [0.1, 0.15) is 5.76 Å². The van der Waals surface area contributed by atoms with Crippen molar-refractivity contribution >= 4 is 5.91 Å². The Kier molecular flexibility index (Phi) is 4.33. The third-order valence-electron chi connectivity index (χ3n) is 2.88. The molecular formula is C12H19N3O3. The van der Waals surface area contributed by atoms with E-state index in [2.05, 4.69) is 5.16 Å². The van der Waals surface area contributed by atoms with Crippen LogP contribution in [-0.4, -0.2) is 60.8 Å². The van der Waals surface area contributed by atoms with Crippen molar-refractivity contribution in [2.24, 2.45) is 0 Å². The lowest BCUT2D eigenvalue weighted by Gasteiger charge is -2.28. The number of aromatic nitrogens is 1. The van der Waals surface area contributed by atoms with Gasteiger partial charge in [-0.3, -0.25) is 9.69 Å². The lowest BCUT2D eigenvalue weighted by atomic mass is 10.3. The first kappa shape index (κ1) is 13.0. The number of ether oxygens (including phenoxy) is 1. The van der Waals surface area contributed by atoms with E-state index in [1.54, 1.807) is 0 Å². The summed E-state index contributed by atoms with van der Waals surface area (Å²) in [4.78, 5) is 15.8. The molecule has 1 aliphatic rings. The van der Waals surface area contributed by atoms with Crippen LogP contribution in [0.3, 0.4) is 0 Å². The van der Waals surface area contributed by atoms with Crippen LogP contribution < -0.4 is 0 Å². The fraction of sp³-hybridized carbons (Fsp3) is 0.667. The van der Waals surface area contributed by atoms with Crippen LogP contribution in [0, 0.1) is 6.92 Å². The highest BCUT2D eigenvalue weighted by atomic mass is 16.5. The van der Waals surface area contributed by atoms with Crippen molar-refractivity contribution in [3.8, 4) is 0 Å². The first-order chi connectivity index (χ1) is 8.65. The van der Waals surface area contributed by atoms with E-state index < -0.39 is 0 Å². The number of aryl methyl sites for hydroxylation is 1. The monoisotopic (exact) mass is 253 g/mol. The molecule has 0 N–H and O–H groups in total. The van der Waals surface area contributed by atoms with Gasteiger partial charge in [0.2, 0.25) is 5.91 Å². The molecule has 1 saturated heterocycles. The van der Waals surface area contributed by atoms with Crippen LogP contribution in [0.2, 0.25) is 0 Å². The van der Waals surface area contributed by atoms with Crippen LogP contribution in [0.15, 0.2) is 10.6 Å². The lowest BCUT2D eigenvalue weighted by molar-refractivity contribution is -0.136. The summed E-state index contributed by atoms with van der Waals surface area (Å²) in [6.07, 6.45) is 0. The maximum Gasteiger partial charge on any atom is 0.236 e. The van der Waals surface area contributed by atoms with Crippen LogP contribution in [0.5, 0.6) is 0 Å². The van der Waals surface area contributed by atoms with Crippen molar-refractivity contribution < 1.29 is 14.1 Å². The number of likely N-dealkylation sites (N-methyl/N-ethyl adjacent to an activating group) is 1. The Hall–Kier alpha value is -1.40. The molecule has 100 valence electrons. The zero-order valence-electron chi connectivity index (χ0n) is 10.9. The van der Waals surface area contributed by atoms with Crippen LogP contribution in [0.25, 0.3) is 0 Å². The standard InChI is InChI=1S/C12H19N3O3/c1-10-7-11(13-18-10)8-14(2)9-12(16)15-3-5-17-6-4-15/h7H,3-6,8-9H2,1-2H3. The van der Waals surface area contributed by atoms with Gasteiger partial charge in [-0.05, 0) is 14.0 Å². The van der Waals surface area contributed by atoms with Crippen molar-refractivity contribution in [2.45, 2.75) is 13.5 Å². The summed E-state index contributed by atoms with van der Waals surface area (Å²) in [7, 11) is 1.91. The molecule has 6 nitrogen and oxygen atoms in total. The second-order valence-electron chi connectivity index (χ2n) is 4.59. The highest BCUT2D eigenvalue weighted by Gasteiger charge is 2.18. The smallest absolute Gasteiger partial charge is 0.236 e. The average molecular weight is 253 g/mol. The summed E-state index contributed by atoms with van der Waals surface area (Å²) in [5, 5.41) is 3.91. The first-order valence-electron chi connectivity index (χ1n) is 6.11. The predicted molar refractivity (Wildman–Crippen MR) is 65.0 cm³/mol. The van der Waals surface area contributed by atoms with Crippen molar-refractivity contribution in [1.29, 1.82) is 0 Å². The van der Waals surface area contributed by atoms with E-state index in [1.165, 1.54) is 0 Å².